The molecule has 2 atom stereocenters. The second-order valence-corrected chi connectivity index (χ2v) is 11.6. The number of carbonyl (C=O) groups is 1. The van der Waals surface area contributed by atoms with Crippen LogP contribution in [-0.2, 0) is 6.18 Å². The first-order valence-electron chi connectivity index (χ1n) is 14.3. The summed E-state index contributed by atoms with van der Waals surface area (Å²) in [6.07, 6.45) is 3.33. The molecule has 2 aliphatic heterocycles. The number of piperazine rings is 1. The summed E-state index contributed by atoms with van der Waals surface area (Å²) in [6.45, 7) is 6.71. The van der Waals surface area contributed by atoms with E-state index in [1.165, 1.54) is 31.7 Å². The lowest BCUT2D eigenvalue weighted by Gasteiger charge is -2.44. The van der Waals surface area contributed by atoms with Crippen molar-refractivity contribution >= 4 is 22.9 Å². The second-order valence-electron chi connectivity index (χ2n) is 11.6. The van der Waals surface area contributed by atoms with Gasteiger partial charge in [0.25, 0.3) is 5.91 Å². The van der Waals surface area contributed by atoms with Gasteiger partial charge in [-0.3, -0.25) is 19.4 Å². The van der Waals surface area contributed by atoms with E-state index in [2.05, 4.69) is 20.1 Å². The number of H-pyrrole nitrogens is 1. The highest BCUT2D eigenvalue weighted by Crippen LogP contribution is 2.38. The lowest BCUT2D eigenvalue weighted by Crippen LogP contribution is -2.55. The predicted molar refractivity (Wildman–Crippen MR) is 152 cm³/mol. The maximum atomic E-state index is 15.8. The van der Waals surface area contributed by atoms with E-state index >= 15 is 4.39 Å². The highest BCUT2D eigenvalue weighted by molar-refractivity contribution is 6.07. The van der Waals surface area contributed by atoms with Gasteiger partial charge in [0, 0.05) is 62.1 Å². The van der Waals surface area contributed by atoms with Crippen molar-refractivity contribution in [1.29, 1.82) is 0 Å². The number of aromatic amines is 1. The van der Waals surface area contributed by atoms with Crippen molar-refractivity contribution in [3.8, 4) is 0 Å². The highest BCUT2D eigenvalue weighted by Gasteiger charge is 2.36. The van der Waals surface area contributed by atoms with Crippen molar-refractivity contribution < 1.29 is 22.4 Å². The van der Waals surface area contributed by atoms with Crippen molar-refractivity contribution in [2.75, 3.05) is 43.4 Å². The maximum Gasteiger partial charge on any atom is 0.417 e. The Balaban J connectivity index is 1.51. The lowest BCUT2D eigenvalue weighted by atomic mass is 9.96. The van der Waals surface area contributed by atoms with E-state index in [9.17, 15) is 22.8 Å². The molecule has 3 heterocycles. The fourth-order valence-corrected chi connectivity index (χ4v) is 6.39. The summed E-state index contributed by atoms with van der Waals surface area (Å²) < 4.78 is 56.9. The van der Waals surface area contributed by atoms with E-state index in [0.29, 0.717) is 49.4 Å². The zero-order valence-corrected chi connectivity index (χ0v) is 23.7. The van der Waals surface area contributed by atoms with Crippen LogP contribution in [0.25, 0.3) is 5.57 Å². The third kappa shape index (κ3) is 6.21. The Labute approximate surface area is 237 Å². The molecule has 0 unspecified atom stereocenters. The van der Waals surface area contributed by atoms with E-state index in [1.54, 1.807) is 6.07 Å². The van der Waals surface area contributed by atoms with E-state index < -0.39 is 34.6 Å². The quantitative estimate of drug-likeness (QED) is 0.471. The van der Waals surface area contributed by atoms with Crippen LogP contribution in [0.3, 0.4) is 0 Å². The second kappa shape index (κ2) is 11.6. The first-order valence-corrected chi connectivity index (χ1v) is 14.3. The van der Waals surface area contributed by atoms with Gasteiger partial charge in [0.2, 0.25) is 5.56 Å². The van der Waals surface area contributed by atoms with Gasteiger partial charge in [-0.25, -0.2) is 4.39 Å². The van der Waals surface area contributed by atoms with Gasteiger partial charge in [-0.05, 0) is 57.9 Å². The SMILES string of the molecule is C[C@@H]1CN(c2cc(F)c(C3=CCN(C4CCCC4)CC3)cc2NC(=O)c2c[nH]c(=O)cc2C(F)(F)F)C[C@H](C)N1C. The van der Waals surface area contributed by atoms with Gasteiger partial charge in [-0.1, -0.05) is 18.9 Å². The molecule has 0 spiro atoms. The van der Waals surface area contributed by atoms with Crippen LogP contribution in [0.4, 0.5) is 28.9 Å². The standard InChI is InChI=1S/C30H37F4N5O2/c1-18-16-39(17-19(2)37(18)3)27-14-25(31)22(20-8-10-38(11-9-20)21-6-4-5-7-21)12-26(27)36-29(41)23-15-35-28(40)13-24(23)30(32,33)34/h8,12-15,18-19,21H,4-7,9-11,16-17H2,1-3H3,(H,35,40)(H,36,41)/t18-,19+. The zero-order chi connectivity index (χ0) is 29.5. The van der Waals surface area contributed by atoms with Crippen molar-refractivity contribution in [1.82, 2.24) is 14.8 Å². The number of hydrogen-bond acceptors (Lipinski definition) is 5. The molecule has 7 nitrogen and oxygen atoms in total. The molecule has 3 aliphatic rings. The highest BCUT2D eigenvalue weighted by atomic mass is 19.4. The number of amides is 1. The Kier molecular flexibility index (Phi) is 8.29. The van der Waals surface area contributed by atoms with E-state index in [4.69, 9.17) is 0 Å². The van der Waals surface area contributed by atoms with E-state index in [1.807, 2.05) is 31.9 Å². The molecule has 5 rings (SSSR count). The number of alkyl halides is 3. The van der Waals surface area contributed by atoms with Crippen LogP contribution in [0.2, 0.25) is 0 Å². The molecular weight excluding hydrogens is 538 g/mol. The summed E-state index contributed by atoms with van der Waals surface area (Å²) >= 11 is 0. The fourth-order valence-electron chi connectivity index (χ4n) is 6.39. The van der Waals surface area contributed by atoms with Crippen LogP contribution in [0.15, 0.2) is 35.3 Å². The molecule has 1 aromatic carbocycles. The third-order valence-electron chi connectivity index (χ3n) is 8.94. The van der Waals surface area contributed by atoms with Crippen LogP contribution in [-0.4, -0.2) is 72.0 Å². The molecule has 41 heavy (non-hydrogen) atoms. The van der Waals surface area contributed by atoms with Gasteiger partial charge in [0.05, 0.1) is 22.5 Å². The van der Waals surface area contributed by atoms with Gasteiger partial charge in [-0.2, -0.15) is 13.2 Å². The van der Waals surface area contributed by atoms with E-state index in [0.717, 1.165) is 18.3 Å². The monoisotopic (exact) mass is 575 g/mol. The first kappa shape index (κ1) is 29.3. The maximum absolute atomic E-state index is 15.8. The molecule has 1 amide bonds. The molecule has 1 saturated heterocycles. The molecule has 2 aromatic rings. The molecule has 1 aliphatic carbocycles. The van der Waals surface area contributed by atoms with Crippen molar-refractivity contribution in [3.63, 3.8) is 0 Å². The molecule has 1 aromatic heterocycles. The number of anilines is 2. The largest absolute Gasteiger partial charge is 0.417 e. The van der Waals surface area contributed by atoms with Crippen molar-refractivity contribution in [2.24, 2.45) is 0 Å². The number of hydrogen-bond donors (Lipinski definition) is 2. The Morgan fingerprint density at radius 3 is 2.37 bits per heavy atom. The normalized spacial score (nSPS) is 23.1. The summed E-state index contributed by atoms with van der Waals surface area (Å²) in [6, 6.07) is 4.12. The van der Waals surface area contributed by atoms with Crippen molar-refractivity contribution in [3.05, 3.63) is 63.3 Å². The van der Waals surface area contributed by atoms with Crippen LogP contribution >= 0.6 is 0 Å². The third-order valence-corrected chi connectivity index (χ3v) is 8.94. The number of nitrogens with zero attached hydrogens (tertiary/aromatic N) is 3. The lowest BCUT2D eigenvalue weighted by molar-refractivity contribution is -0.138. The molecule has 11 heteroatoms. The Morgan fingerprint density at radius 2 is 1.76 bits per heavy atom. The average Bonchev–Trinajstić information content (AvgIpc) is 3.47. The number of carbonyl (C=O) groups excluding carboxylic acids is 1. The summed E-state index contributed by atoms with van der Waals surface area (Å²) in [4.78, 5) is 33.7. The number of aromatic nitrogens is 1. The average molecular weight is 576 g/mol. The summed E-state index contributed by atoms with van der Waals surface area (Å²) in [5, 5.41) is 2.64. The molecule has 2 fully saturated rings. The first-order chi connectivity index (χ1) is 19.4. The number of rotatable bonds is 5. The topological polar surface area (TPSA) is 71.7 Å². The fraction of sp³-hybridized carbons (Fsp3) is 0.533. The van der Waals surface area contributed by atoms with Crippen LogP contribution in [0, 0.1) is 5.82 Å². The number of benzene rings is 1. The van der Waals surface area contributed by atoms with Gasteiger partial charge in [-0.15, -0.1) is 0 Å². The van der Waals surface area contributed by atoms with Crippen LogP contribution in [0.1, 0.15) is 67.4 Å². The van der Waals surface area contributed by atoms with Gasteiger partial charge < -0.3 is 15.2 Å². The van der Waals surface area contributed by atoms with Crippen LogP contribution < -0.4 is 15.8 Å². The van der Waals surface area contributed by atoms with Gasteiger partial charge >= 0.3 is 6.18 Å². The molecule has 0 bridgehead atoms. The predicted octanol–water partition coefficient (Wildman–Crippen LogP) is 5.35. The minimum atomic E-state index is -4.90. The number of halogens is 4. The summed E-state index contributed by atoms with van der Waals surface area (Å²) in [7, 11) is 2.01. The van der Waals surface area contributed by atoms with E-state index in [-0.39, 0.29) is 17.8 Å². The minimum Gasteiger partial charge on any atom is -0.367 e. The smallest absolute Gasteiger partial charge is 0.367 e. The minimum absolute atomic E-state index is 0.128. The number of nitrogens with one attached hydrogen (secondary N) is 2. The Morgan fingerprint density at radius 1 is 1.07 bits per heavy atom. The molecular formula is C30H37F4N5O2. The molecule has 1 saturated carbocycles. The molecule has 2 N–H and O–H groups in total. The van der Waals surface area contributed by atoms with Crippen LogP contribution in [0.5, 0.6) is 0 Å². The Bertz CT molecular complexity index is 1370. The molecule has 0 radical (unpaired) electrons. The van der Waals surface area contributed by atoms with Crippen molar-refractivity contribution in [2.45, 2.75) is 70.3 Å². The zero-order valence-electron chi connectivity index (χ0n) is 23.7. The number of likely N-dealkylation sites (N-methyl/N-ethyl adjacent to an activating group) is 1. The molecule has 222 valence electrons. The summed E-state index contributed by atoms with van der Waals surface area (Å²) in [5.74, 6) is -1.47. The van der Waals surface area contributed by atoms with Gasteiger partial charge in [0.1, 0.15) is 5.82 Å². The number of pyridine rings is 1. The Hall–Kier alpha value is -3.18. The van der Waals surface area contributed by atoms with Gasteiger partial charge in [0.15, 0.2) is 0 Å². The summed E-state index contributed by atoms with van der Waals surface area (Å²) in [5.41, 5.74) is -1.21.